The number of pyridine rings is 1. The molecule has 0 radical (unpaired) electrons. The Morgan fingerprint density at radius 1 is 1.22 bits per heavy atom. The van der Waals surface area contributed by atoms with Crippen LogP contribution in [0.2, 0.25) is 0 Å². The molecule has 8 heteroatoms. The lowest BCUT2D eigenvalue weighted by Crippen LogP contribution is -2.24. The van der Waals surface area contributed by atoms with Crippen molar-refractivity contribution in [1.29, 1.82) is 0 Å². The van der Waals surface area contributed by atoms with Crippen LogP contribution in [0, 0.1) is 11.8 Å². The van der Waals surface area contributed by atoms with Crippen LogP contribution in [-0.2, 0) is 6.18 Å². The summed E-state index contributed by atoms with van der Waals surface area (Å²) >= 11 is 0. The van der Waals surface area contributed by atoms with E-state index in [2.05, 4.69) is 21.4 Å². The number of hydrogen-bond donors (Lipinski definition) is 1. The van der Waals surface area contributed by atoms with E-state index in [9.17, 15) is 13.2 Å². The van der Waals surface area contributed by atoms with Gasteiger partial charge in [0.05, 0.1) is 11.3 Å². The second kappa shape index (κ2) is 5.70. The molecule has 0 bridgehead atoms. The topological polar surface area (TPSA) is 60.0 Å². The zero-order chi connectivity index (χ0) is 18.9. The van der Waals surface area contributed by atoms with Crippen LogP contribution in [0.5, 0.6) is 0 Å². The van der Waals surface area contributed by atoms with Crippen LogP contribution >= 0.6 is 0 Å². The van der Waals surface area contributed by atoms with Gasteiger partial charge in [-0.15, -0.1) is 0 Å². The molecule has 0 aromatic carbocycles. The predicted molar refractivity (Wildman–Crippen MR) is 95.0 cm³/mol. The van der Waals surface area contributed by atoms with Crippen molar-refractivity contribution in [2.75, 3.05) is 25.4 Å². The Hall–Kier alpha value is -2.09. The lowest BCUT2D eigenvalue weighted by molar-refractivity contribution is -0.137. The quantitative estimate of drug-likeness (QED) is 0.885. The Labute approximate surface area is 155 Å². The molecule has 2 aromatic heterocycles. The molecule has 27 heavy (non-hydrogen) atoms. The summed E-state index contributed by atoms with van der Waals surface area (Å²) in [6, 6.07) is 1.51. The molecule has 2 saturated carbocycles. The molecule has 5 rings (SSSR count). The van der Waals surface area contributed by atoms with Gasteiger partial charge in [0.1, 0.15) is 11.6 Å². The molecule has 0 unspecified atom stereocenters. The molecule has 2 aliphatic carbocycles. The highest BCUT2D eigenvalue weighted by Gasteiger charge is 2.57. The zero-order valence-corrected chi connectivity index (χ0v) is 15.1. The Balaban J connectivity index is 1.49. The van der Waals surface area contributed by atoms with Crippen LogP contribution in [0.1, 0.15) is 43.1 Å². The third kappa shape index (κ3) is 2.81. The first kappa shape index (κ1) is 17.0. The van der Waals surface area contributed by atoms with E-state index in [0.29, 0.717) is 35.1 Å². The first-order valence-electron chi connectivity index (χ1n) is 9.51. The van der Waals surface area contributed by atoms with Gasteiger partial charge in [-0.25, -0.2) is 9.97 Å². The van der Waals surface area contributed by atoms with E-state index in [1.54, 1.807) is 0 Å². The van der Waals surface area contributed by atoms with Gasteiger partial charge in [-0.1, -0.05) is 6.92 Å². The number of nitrogen functional groups attached to an aromatic ring is 1. The summed E-state index contributed by atoms with van der Waals surface area (Å²) in [4.78, 5) is 10.9. The molecule has 0 spiro atoms. The van der Waals surface area contributed by atoms with Crippen LogP contribution in [-0.4, -0.2) is 39.1 Å². The van der Waals surface area contributed by atoms with E-state index in [0.717, 1.165) is 44.4 Å². The summed E-state index contributed by atoms with van der Waals surface area (Å²) in [6.45, 7) is 5.45. The highest BCUT2D eigenvalue weighted by atomic mass is 19.4. The van der Waals surface area contributed by atoms with Crippen molar-refractivity contribution in [2.24, 2.45) is 11.8 Å². The SMILES string of the molecule is CCN1C[C@@H]2[C@H](C1)[C@H]2n1cc(-c2cnc(N)c(C(F)(F)F)c2)nc1C1CC1. The van der Waals surface area contributed by atoms with Crippen molar-refractivity contribution < 1.29 is 13.2 Å². The fraction of sp³-hybridized carbons (Fsp3) is 0.579. The minimum Gasteiger partial charge on any atom is -0.383 e. The second-order valence-corrected chi connectivity index (χ2v) is 7.99. The molecular formula is C19H22F3N5. The summed E-state index contributed by atoms with van der Waals surface area (Å²) in [5.74, 6) is 2.24. The Bertz CT molecular complexity index is 874. The number of piperidine rings is 1. The highest BCUT2D eigenvalue weighted by molar-refractivity contribution is 5.62. The van der Waals surface area contributed by atoms with E-state index >= 15 is 0 Å². The molecule has 3 atom stereocenters. The standard InChI is InChI=1S/C19H22F3N5/c1-2-26-7-12-13(8-26)16(12)27-9-15(25-18(27)10-3-4-10)11-5-14(19(20,21)22)17(23)24-6-11/h5-6,9-10,12-13,16H,2-4,7-8H2,1H3,(H2,23,24)/t12-,13+,16+. The minimum absolute atomic E-state index is 0.373. The van der Waals surface area contributed by atoms with Crippen LogP contribution in [0.3, 0.4) is 0 Å². The average molecular weight is 377 g/mol. The number of nitrogens with two attached hydrogens (primary N) is 1. The molecular weight excluding hydrogens is 355 g/mol. The van der Waals surface area contributed by atoms with Crippen molar-refractivity contribution in [1.82, 2.24) is 19.4 Å². The van der Waals surface area contributed by atoms with Crippen LogP contribution in [0.4, 0.5) is 19.0 Å². The number of imidazole rings is 1. The van der Waals surface area contributed by atoms with Crippen molar-refractivity contribution in [3.63, 3.8) is 0 Å². The zero-order valence-electron chi connectivity index (χ0n) is 15.1. The maximum absolute atomic E-state index is 13.2. The van der Waals surface area contributed by atoms with Crippen molar-refractivity contribution >= 4 is 5.82 Å². The van der Waals surface area contributed by atoms with Gasteiger partial charge in [0.25, 0.3) is 0 Å². The van der Waals surface area contributed by atoms with Crippen molar-refractivity contribution in [3.05, 3.63) is 29.8 Å². The average Bonchev–Trinajstić information content (AvgIpc) is 3.49. The van der Waals surface area contributed by atoms with Crippen molar-refractivity contribution in [2.45, 2.75) is 37.9 Å². The van der Waals surface area contributed by atoms with Gasteiger partial charge >= 0.3 is 6.18 Å². The third-order valence-electron chi connectivity index (χ3n) is 6.22. The van der Waals surface area contributed by atoms with Gasteiger partial charge in [0.2, 0.25) is 0 Å². The molecule has 3 aliphatic rings. The molecule has 1 aliphatic heterocycles. The second-order valence-electron chi connectivity index (χ2n) is 7.99. The first-order valence-corrected chi connectivity index (χ1v) is 9.51. The Morgan fingerprint density at radius 2 is 1.93 bits per heavy atom. The molecule has 3 heterocycles. The number of anilines is 1. The van der Waals surface area contributed by atoms with E-state index < -0.39 is 17.6 Å². The van der Waals surface area contributed by atoms with Crippen LogP contribution in [0.15, 0.2) is 18.5 Å². The van der Waals surface area contributed by atoms with Gasteiger partial charge in [0.15, 0.2) is 0 Å². The normalized spacial score (nSPS) is 27.8. The lowest BCUT2D eigenvalue weighted by atomic mass is 10.1. The van der Waals surface area contributed by atoms with E-state index in [-0.39, 0.29) is 0 Å². The molecule has 5 nitrogen and oxygen atoms in total. The van der Waals surface area contributed by atoms with Gasteiger partial charge in [0, 0.05) is 43.0 Å². The van der Waals surface area contributed by atoms with Crippen LogP contribution < -0.4 is 5.73 Å². The fourth-order valence-electron chi connectivity index (χ4n) is 4.53. The van der Waals surface area contributed by atoms with Gasteiger partial charge in [-0.05, 0) is 37.3 Å². The molecule has 3 fully saturated rings. The number of rotatable bonds is 4. The Morgan fingerprint density at radius 3 is 2.52 bits per heavy atom. The molecule has 2 N–H and O–H groups in total. The van der Waals surface area contributed by atoms with E-state index in [1.165, 1.54) is 6.20 Å². The van der Waals surface area contributed by atoms with Crippen LogP contribution in [0.25, 0.3) is 11.3 Å². The number of halogens is 3. The molecule has 144 valence electrons. The monoisotopic (exact) mass is 377 g/mol. The highest BCUT2D eigenvalue weighted by Crippen LogP contribution is 2.57. The minimum atomic E-state index is -4.52. The number of alkyl halides is 3. The van der Waals surface area contributed by atoms with Gasteiger partial charge in [-0.2, -0.15) is 13.2 Å². The fourth-order valence-corrected chi connectivity index (χ4v) is 4.53. The third-order valence-corrected chi connectivity index (χ3v) is 6.22. The largest absolute Gasteiger partial charge is 0.419 e. The molecule has 0 amide bonds. The van der Waals surface area contributed by atoms with E-state index in [4.69, 9.17) is 10.7 Å². The summed E-state index contributed by atoms with van der Waals surface area (Å²) in [6.07, 6.45) is 1.01. The molecule has 1 saturated heterocycles. The number of hydrogen-bond acceptors (Lipinski definition) is 4. The summed E-state index contributed by atoms with van der Waals surface area (Å²) in [5.41, 5.74) is 5.47. The van der Waals surface area contributed by atoms with Gasteiger partial charge < -0.3 is 15.2 Å². The number of nitrogens with zero attached hydrogens (tertiary/aromatic N) is 4. The number of fused-ring (bicyclic) bond motifs is 1. The number of likely N-dealkylation sites (tertiary alicyclic amines) is 1. The molecule has 2 aromatic rings. The summed E-state index contributed by atoms with van der Waals surface area (Å²) in [7, 11) is 0. The van der Waals surface area contributed by atoms with Gasteiger partial charge in [-0.3, -0.25) is 0 Å². The lowest BCUT2D eigenvalue weighted by Gasteiger charge is -2.18. The van der Waals surface area contributed by atoms with Crippen molar-refractivity contribution in [3.8, 4) is 11.3 Å². The predicted octanol–water partition coefficient (Wildman–Crippen LogP) is 3.55. The number of aromatic nitrogens is 3. The smallest absolute Gasteiger partial charge is 0.383 e. The first-order chi connectivity index (χ1) is 12.9. The summed E-state index contributed by atoms with van der Waals surface area (Å²) < 4.78 is 41.8. The Kier molecular flexibility index (Phi) is 3.60. The maximum Gasteiger partial charge on any atom is 0.419 e. The summed E-state index contributed by atoms with van der Waals surface area (Å²) in [5, 5.41) is 0. The maximum atomic E-state index is 13.2. The van der Waals surface area contributed by atoms with E-state index in [1.807, 2.05) is 6.20 Å².